The molecule has 0 heterocycles. The summed E-state index contributed by atoms with van der Waals surface area (Å²) in [6, 6.07) is 15.9. The Kier molecular flexibility index (Phi) is 4.98. The first-order chi connectivity index (χ1) is 12.5. The lowest BCUT2D eigenvalue weighted by Crippen LogP contribution is -2.41. The SMILES string of the molecule is CC(=O)CC[C@@H](NC(=O)c1c2ccccc2cc2ccccc12)C(=O)O. The zero-order valence-electron chi connectivity index (χ0n) is 14.4. The molecule has 0 fully saturated rings. The van der Waals surface area contributed by atoms with Gasteiger partial charge in [-0.05, 0) is 41.0 Å². The standard InChI is InChI=1S/C21H19NO4/c1-13(23)10-11-18(21(25)26)22-20(24)19-16-8-4-2-6-14(16)12-15-7-3-5-9-17(15)19/h2-9,12,18H,10-11H2,1H3,(H,22,24)(H,25,26)/t18-/m1/s1. The number of nitrogens with one attached hydrogen (secondary N) is 1. The van der Waals surface area contributed by atoms with Crippen molar-refractivity contribution in [2.45, 2.75) is 25.8 Å². The fourth-order valence-electron chi connectivity index (χ4n) is 3.09. The van der Waals surface area contributed by atoms with E-state index in [0.717, 1.165) is 21.5 Å². The third-order valence-corrected chi connectivity index (χ3v) is 4.39. The quantitative estimate of drug-likeness (QED) is 0.667. The van der Waals surface area contributed by atoms with Crippen molar-refractivity contribution in [3.05, 3.63) is 60.2 Å². The van der Waals surface area contributed by atoms with Crippen LogP contribution in [0.3, 0.4) is 0 Å². The minimum absolute atomic E-state index is 0.0686. The van der Waals surface area contributed by atoms with Gasteiger partial charge in [-0.1, -0.05) is 48.5 Å². The number of rotatable bonds is 6. The Morgan fingerprint density at radius 2 is 1.50 bits per heavy atom. The molecule has 0 aliphatic carbocycles. The van der Waals surface area contributed by atoms with Crippen LogP contribution in [0.5, 0.6) is 0 Å². The lowest BCUT2D eigenvalue weighted by Gasteiger charge is -2.16. The van der Waals surface area contributed by atoms with Crippen LogP contribution in [0.2, 0.25) is 0 Å². The number of ketones is 1. The van der Waals surface area contributed by atoms with Crippen LogP contribution in [0.15, 0.2) is 54.6 Å². The Hall–Kier alpha value is -3.21. The van der Waals surface area contributed by atoms with E-state index in [1.165, 1.54) is 6.92 Å². The number of aliphatic carboxylic acids is 1. The van der Waals surface area contributed by atoms with E-state index in [4.69, 9.17) is 0 Å². The van der Waals surface area contributed by atoms with Gasteiger partial charge in [0.05, 0.1) is 5.56 Å². The maximum absolute atomic E-state index is 13.0. The number of benzene rings is 3. The average molecular weight is 349 g/mol. The summed E-state index contributed by atoms with van der Waals surface area (Å²) in [5.41, 5.74) is 0.452. The van der Waals surface area contributed by atoms with Crippen LogP contribution in [0.25, 0.3) is 21.5 Å². The number of carboxylic acid groups (broad SMARTS) is 1. The molecule has 0 spiro atoms. The second kappa shape index (κ2) is 7.35. The van der Waals surface area contributed by atoms with Gasteiger partial charge in [-0.15, -0.1) is 0 Å². The molecular weight excluding hydrogens is 330 g/mol. The summed E-state index contributed by atoms with van der Waals surface area (Å²) in [6.07, 6.45) is 0.173. The van der Waals surface area contributed by atoms with Crippen molar-refractivity contribution in [2.75, 3.05) is 0 Å². The van der Waals surface area contributed by atoms with Crippen molar-refractivity contribution >= 4 is 39.2 Å². The second-order valence-corrected chi connectivity index (χ2v) is 6.30. The summed E-state index contributed by atoms with van der Waals surface area (Å²) in [7, 11) is 0. The highest BCUT2D eigenvalue weighted by atomic mass is 16.4. The van der Waals surface area contributed by atoms with Crippen LogP contribution in [0.4, 0.5) is 0 Å². The molecule has 0 bridgehead atoms. The summed E-state index contributed by atoms with van der Waals surface area (Å²) in [6.45, 7) is 1.40. The zero-order valence-corrected chi connectivity index (χ0v) is 14.4. The lowest BCUT2D eigenvalue weighted by atomic mass is 9.96. The molecule has 0 unspecified atom stereocenters. The fraction of sp³-hybridized carbons (Fsp3) is 0.190. The van der Waals surface area contributed by atoms with Crippen LogP contribution >= 0.6 is 0 Å². The van der Waals surface area contributed by atoms with Gasteiger partial charge >= 0.3 is 5.97 Å². The normalized spacial score (nSPS) is 12.0. The molecule has 2 N–H and O–H groups in total. The number of fused-ring (bicyclic) bond motifs is 2. The summed E-state index contributed by atoms with van der Waals surface area (Å²) in [4.78, 5) is 35.6. The molecule has 3 rings (SSSR count). The molecule has 3 aromatic carbocycles. The Labute approximate surface area is 150 Å². The van der Waals surface area contributed by atoms with E-state index in [1.54, 1.807) is 0 Å². The predicted octanol–water partition coefficient (Wildman–Crippen LogP) is 3.55. The topological polar surface area (TPSA) is 83.5 Å². The number of hydrogen-bond donors (Lipinski definition) is 2. The van der Waals surface area contributed by atoms with Crippen molar-refractivity contribution in [1.29, 1.82) is 0 Å². The largest absolute Gasteiger partial charge is 0.480 e. The first kappa shape index (κ1) is 17.6. The number of carboxylic acids is 1. The van der Waals surface area contributed by atoms with Gasteiger partial charge < -0.3 is 15.2 Å². The molecule has 1 atom stereocenters. The van der Waals surface area contributed by atoms with E-state index in [0.29, 0.717) is 5.56 Å². The minimum Gasteiger partial charge on any atom is -0.480 e. The van der Waals surface area contributed by atoms with E-state index in [-0.39, 0.29) is 18.6 Å². The van der Waals surface area contributed by atoms with Gasteiger partial charge in [-0.25, -0.2) is 4.79 Å². The molecule has 3 aromatic rings. The monoisotopic (exact) mass is 349 g/mol. The molecule has 0 saturated heterocycles. The van der Waals surface area contributed by atoms with E-state index in [1.807, 2.05) is 54.6 Å². The molecule has 0 saturated carbocycles. The maximum atomic E-state index is 13.0. The predicted molar refractivity (Wildman–Crippen MR) is 100 cm³/mol. The molecule has 26 heavy (non-hydrogen) atoms. The number of Topliss-reactive ketones (excluding diaryl/α,β-unsaturated/α-hetero) is 1. The highest BCUT2D eigenvalue weighted by Crippen LogP contribution is 2.28. The van der Waals surface area contributed by atoms with Gasteiger partial charge in [0.1, 0.15) is 11.8 Å². The molecule has 5 heteroatoms. The van der Waals surface area contributed by atoms with Gasteiger partial charge in [0, 0.05) is 6.42 Å². The molecule has 5 nitrogen and oxygen atoms in total. The van der Waals surface area contributed by atoms with E-state index >= 15 is 0 Å². The second-order valence-electron chi connectivity index (χ2n) is 6.30. The molecule has 132 valence electrons. The van der Waals surface area contributed by atoms with E-state index in [9.17, 15) is 19.5 Å². The molecule has 0 aliphatic heterocycles. The summed E-state index contributed by atoms with van der Waals surface area (Å²) >= 11 is 0. The Morgan fingerprint density at radius 3 is 2.00 bits per heavy atom. The van der Waals surface area contributed by atoms with Gasteiger partial charge in [-0.2, -0.15) is 0 Å². The minimum atomic E-state index is -1.15. The molecule has 1 amide bonds. The number of carbonyl (C=O) groups is 3. The summed E-state index contributed by atoms with van der Waals surface area (Å²) in [5.74, 6) is -1.71. The maximum Gasteiger partial charge on any atom is 0.326 e. The number of amides is 1. The van der Waals surface area contributed by atoms with Gasteiger partial charge in [0.15, 0.2) is 0 Å². The van der Waals surface area contributed by atoms with Crippen molar-refractivity contribution in [3.63, 3.8) is 0 Å². The first-order valence-electron chi connectivity index (χ1n) is 8.41. The lowest BCUT2D eigenvalue weighted by molar-refractivity contribution is -0.139. The van der Waals surface area contributed by atoms with Gasteiger partial charge in [0.2, 0.25) is 0 Å². The van der Waals surface area contributed by atoms with Gasteiger partial charge in [-0.3, -0.25) is 4.79 Å². The fourth-order valence-corrected chi connectivity index (χ4v) is 3.09. The first-order valence-corrected chi connectivity index (χ1v) is 8.41. The van der Waals surface area contributed by atoms with E-state index in [2.05, 4.69) is 5.32 Å². The summed E-state index contributed by atoms with van der Waals surface area (Å²) in [5, 5.41) is 15.3. The third kappa shape index (κ3) is 3.57. The van der Waals surface area contributed by atoms with Gasteiger partial charge in [0.25, 0.3) is 5.91 Å². The van der Waals surface area contributed by atoms with Crippen LogP contribution in [-0.2, 0) is 9.59 Å². The highest BCUT2D eigenvalue weighted by molar-refractivity contribution is 6.18. The molecular formula is C21H19NO4. The molecule has 0 radical (unpaired) electrons. The Bertz CT molecular complexity index is 955. The van der Waals surface area contributed by atoms with Crippen molar-refractivity contribution in [1.82, 2.24) is 5.32 Å². The average Bonchev–Trinajstić information content (AvgIpc) is 2.62. The van der Waals surface area contributed by atoms with Crippen LogP contribution in [0, 0.1) is 0 Å². The Balaban J connectivity index is 2.05. The van der Waals surface area contributed by atoms with Crippen molar-refractivity contribution in [2.24, 2.45) is 0 Å². The third-order valence-electron chi connectivity index (χ3n) is 4.39. The Morgan fingerprint density at radius 1 is 0.962 bits per heavy atom. The number of hydrogen-bond acceptors (Lipinski definition) is 3. The van der Waals surface area contributed by atoms with Crippen molar-refractivity contribution < 1.29 is 19.5 Å². The zero-order chi connectivity index (χ0) is 18.7. The van der Waals surface area contributed by atoms with E-state index < -0.39 is 17.9 Å². The van der Waals surface area contributed by atoms with Crippen LogP contribution in [-0.4, -0.2) is 28.8 Å². The smallest absolute Gasteiger partial charge is 0.326 e. The number of carbonyl (C=O) groups excluding carboxylic acids is 2. The van der Waals surface area contributed by atoms with Crippen LogP contribution < -0.4 is 5.32 Å². The molecule has 0 aromatic heterocycles. The molecule has 0 aliphatic rings. The van der Waals surface area contributed by atoms with Crippen molar-refractivity contribution in [3.8, 4) is 0 Å². The highest BCUT2D eigenvalue weighted by Gasteiger charge is 2.23. The van der Waals surface area contributed by atoms with Crippen LogP contribution in [0.1, 0.15) is 30.1 Å². The summed E-state index contributed by atoms with van der Waals surface area (Å²) < 4.78 is 0.